The standard InChI is InChI=1S/C27H44O2/c1-17(2)7-6-8-18(3)20-11-12-21-19-9-10-23-25(29)24(28)14-16-27(23,5)22(19)13-15-26(20,21)4/h14,16-23,25,29H,6-13,15H2,1-5H3/t18-,19+,20-,21+,22+,23?,25+,26-,27-/m1/s1. The van der Waals surface area contributed by atoms with Crippen molar-refractivity contribution in [1.29, 1.82) is 0 Å². The Labute approximate surface area is 178 Å². The van der Waals surface area contributed by atoms with Gasteiger partial charge in [0.25, 0.3) is 0 Å². The van der Waals surface area contributed by atoms with Crippen LogP contribution in [-0.2, 0) is 4.79 Å². The molecular weight excluding hydrogens is 356 g/mol. The highest BCUT2D eigenvalue weighted by Crippen LogP contribution is 2.67. The number of hydrogen-bond acceptors (Lipinski definition) is 2. The number of aliphatic hydroxyl groups excluding tert-OH is 1. The summed E-state index contributed by atoms with van der Waals surface area (Å²) in [5, 5.41) is 10.6. The van der Waals surface area contributed by atoms with E-state index in [1.165, 1.54) is 51.4 Å². The second-order valence-electron chi connectivity index (χ2n) is 12.1. The predicted octanol–water partition coefficient (Wildman–Crippen LogP) is 6.42. The van der Waals surface area contributed by atoms with Crippen LogP contribution in [0.4, 0.5) is 0 Å². The third kappa shape index (κ3) is 3.46. The summed E-state index contributed by atoms with van der Waals surface area (Å²) in [6.45, 7) is 12.2. The Bertz CT molecular complexity index is 651. The van der Waals surface area contributed by atoms with Crippen molar-refractivity contribution in [2.45, 2.75) is 98.5 Å². The fourth-order valence-corrected chi connectivity index (χ4v) is 8.75. The van der Waals surface area contributed by atoms with Crippen molar-refractivity contribution in [3.63, 3.8) is 0 Å². The van der Waals surface area contributed by atoms with Crippen LogP contribution in [0.1, 0.15) is 92.4 Å². The summed E-state index contributed by atoms with van der Waals surface area (Å²) in [4.78, 5) is 12.1. The zero-order valence-corrected chi connectivity index (χ0v) is 19.5. The summed E-state index contributed by atoms with van der Waals surface area (Å²) < 4.78 is 0. The van der Waals surface area contributed by atoms with Gasteiger partial charge in [-0.2, -0.15) is 0 Å². The van der Waals surface area contributed by atoms with Gasteiger partial charge in [0.2, 0.25) is 0 Å². The molecule has 4 aliphatic rings. The van der Waals surface area contributed by atoms with Crippen molar-refractivity contribution in [2.75, 3.05) is 0 Å². The second-order valence-corrected chi connectivity index (χ2v) is 12.1. The number of rotatable bonds is 5. The molecule has 3 saturated carbocycles. The average Bonchev–Trinajstić information content (AvgIpc) is 3.02. The number of allylic oxidation sites excluding steroid dienone is 1. The van der Waals surface area contributed by atoms with Crippen LogP contribution in [0.5, 0.6) is 0 Å². The molecule has 0 bridgehead atoms. The Kier molecular flexibility index (Phi) is 5.82. The van der Waals surface area contributed by atoms with E-state index in [1.54, 1.807) is 6.08 Å². The van der Waals surface area contributed by atoms with E-state index in [0.29, 0.717) is 11.3 Å². The molecule has 2 heteroatoms. The van der Waals surface area contributed by atoms with E-state index in [2.05, 4.69) is 40.7 Å². The van der Waals surface area contributed by atoms with Crippen molar-refractivity contribution in [1.82, 2.24) is 0 Å². The van der Waals surface area contributed by atoms with E-state index in [1.807, 2.05) is 0 Å². The van der Waals surface area contributed by atoms with Gasteiger partial charge in [0, 0.05) is 5.92 Å². The normalized spacial score (nSPS) is 47.6. The molecule has 29 heavy (non-hydrogen) atoms. The van der Waals surface area contributed by atoms with Gasteiger partial charge in [-0.1, -0.05) is 60.0 Å². The van der Waals surface area contributed by atoms with E-state index in [0.717, 1.165) is 36.0 Å². The summed E-state index contributed by atoms with van der Waals surface area (Å²) in [5.74, 6) is 4.91. The molecule has 0 aromatic carbocycles. The number of ketones is 1. The number of carbonyl (C=O) groups excluding carboxylic acids is 1. The quantitative estimate of drug-likeness (QED) is 0.578. The average molecular weight is 401 g/mol. The lowest BCUT2D eigenvalue weighted by molar-refractivity contribution is -0.141. The van der Waals surface area contributed by atoms with E-state index in [4.69, 9.17) is 0 Å². The van der Waals surface area contributed by atoms with E-state index >= 15 is 0 Å². The molecular formula is C27H44O2. The minimum absolute atomic E-state index is 0.0124. The summed E-state index contributed by atoms with van der Waals surface area (Å²) in [6, 6.07) is 0. The maximum atomic E-state index is 12.1. The molecule has 0 spiro atoms. The highest BCUT2D eigenvalue weighted by Gasteiger charge is 2.61. The molecule has 1 unspecified atom stereocenters. The molecule has 4 aliphatic carbocycles. The summed E-state index contributed by atoms with van der Waals surface area (Å²) >= 11 is 0. The van der Waals surface area contributed by atoms with Crippen LogP contribution in [-0.4, -0.2) is 17.0 Å². The SMILES string of the molecule is CC(C)CCC[C@@H](C)[C@H]1CC[C@H]2[C@@H]3CCC4[C@H](O)C(=O)C=C[C@]4(C)[C@H]3CC[C@]12C. The Morgan fingerprint density at radius 3 is 2.45 bits per heavy atom. The predicted molar refractivity (Wildman–Crippen MR) is 119 cm³/mol. The molecule has 164 valence electrons. The Morgan fingerprint density at radius 2 is 1.72 bits per heavy atom. The van der Waals surface area contributed by atoms with Crippen molar-refractivity contribution in [3.8, 4) is 0 Å². The lowest BCUT2D eigenvalue weighted by atomic mass is 9.45. The minimum atomic E-state index is -0.767. The van der Waals surface area contributed by atoms with Gasteiger partial charge >= 0.3 is 0 Å². The van der Waals surface area contributed by atoms with Gasteiger partial charge in [-0.3, -0.25) is 4.79 Å². The molecule has 0 aromatic rings. The van der Waals surface area contributed by atoms with Gasteiger partial charge in [-0.15, -0.1) is 0 Å². The van der Waals surface area contributed by atoms with Gasteiger partial charge in [0.1, 0.15) is 6.10 Å². The van der Waals surface area contributed by atoms with Crippen LogP contribution in [0.3, 0.4) is 0 Å². The first-order chi connectivity index (χ1) is 13.7. The van der Waals surface area contributed by atoms with Crippen molar-refractivity contribution >= 4 is 5.78 Å². The molecule has 0 saturated heterocycles. The van der Waals surface area contributed by atoms with Crippen LogP contribution >= 0.6 is 0 Å². The molecule has 3 fully saturated rings. The number of aliphatic hydroxyl groups is 1. The first-order valence-electron chi connectivity index (χ1n) is 12.6. The number of carbonyl (C=O) groups is 1. The number of hydrogen-bond donors (Lipinski definition) is 1. The largest absolute Gasteiger partial charge is 0.385 e. The first-order valence-corrected chi connectivity index (χ1v) is 12.6. The lowest BCUT2D eigenvalue weighted by Gasteiger charge is -2.60. The van der Waals surface area contributed by atoms with Gasteiger partial charge in [0.15, 0.2) is 5.78 Å². The molecule has 1 N–H and O–H groups in total. The number of fused-ring (bicyclic) bond motifs is 5. The fraction of sp³-hybridized carbons (Fsp3) is 0.889. The van der Waals surface area contributed by atoms with E-state index in [9.17, 15) is 9.90 Å². The maximum Gasteiger partial charge on any atom is 0.184 e. The molecule has 2 nitrogen and oxygen atoms in total. The molecule has 9 atom stereocenters. The Hall–Kier alpha value is -0.630. The van der Waals surface area contributed by atoms with Crippen molar-refractivity contribution < 1.29 is 9.90 Å². The summed E-state index contributed by atoms with van der Waals surface area (Å²) in [5.41, 5.74) is 0.521. The van der Waals surface area contributed by atoms with Crippen LogP contribution in [0.25, 0.3) is 0 Å². The van der Waals surface area contributed by atoms with Crippen molar-refractivity contribution in [3.05, 3.63) is 12.2 Å². The van der Waals surface area contributed by atoms with E-state index in [-0.39, 0.29) is 17.1 Å². The first kappa shape index (κ1) is 21.6. The molecule has 0 aromatic heterocycles. The summed E-state index contributed by atoms with van der Waals surface area (Å²) in [6.07, 6.45) is 15.0. The highest BCUT2D eigenvalue weighted by molar-refractivity contribution is 5.94. The Morgan fingerprint density at radius 1 is 1.00 bits per heavy atom. The van der Waals surface area contributed by atoms with E-state index < -0.39 is 6.10 Å². The van der Waals surface area contributed by atoms with Crippen LogP contribution < -0.4 is 0 Å². The zero-order valence-electron chi connectivity index (χ0n) is 19.5. The maximum absolute atomic E-state index is 12.1. The zero-order chi connectivity index (χ0) is 21.0. The smallest absolute Gasteiger partial charge is 0.184 e. The lowest BCUT2D eigenvalue weighted by Crippen LogP contribution is -2.56. The fourth-order valence-electron chi connectivity index (χ4n) is 8.75. The molecule has 0 heterocycles. The topological polar surface area (TPSA) is 37.3 Å². The minimum Gasteiger partial charge on any atom is -0.385 e. The third-order valence-corrected chi connectivity index (χ3v) is 10.3. The molecule has 4 rings (SSSR count). The monoisotopic (exact) mass is 400 g/mol. The molecule has 0 amide bonds. The third-order valence-electron chi connectivity index (χ3n) is 10.3. The molecule has 0 radical (unpaired) electrons. The summed E-state index contributed by atoms with van der Waals surface area (Å²) in [7, 11) is 0. The van der Waals surface area contributed by atoms with Crippen LogP contribution in [0.15, 0.2) is 12.2 Å². The van der Waals surface area contributed by atoms with Crippen LogP contribution in [0.2, 0.25) is 0 Å². The molecule has 0 aliphatic heterocycles. The van der Waals surface area contributed by atoms with Gasteiger partial charge in [0.05, 0.1) is 0 Å². The Balaban J connectivity index is 1.51. The van der Waals surface area contributed by atoms with Crippen molar-refractivity contribution in [2.24, 2.45) is 52.3 Å². The highest BCUT2D eigenvalue weighted by atomic mass is 16.3. The van der Waals surface area contributed by atoms with Crippen LogP contribution in [0, 0.1) is 52.3 Å². The second kappa shape index (κ2) is 7.81. The van der Waals surface area contributed by atoms with Gasteiger partial charge < -0.3 is 5.11 Å². The van der Waals surface area contributed by atoms with Gasteiger partial charge in [-0.05, 0) is 90.9 Å². The van der Waals surface area contributed by atoms with Gasteiger partial charge in [-0.25, -0.2) is 0 Å².